The molecule has 0 heterocycles. The highest BCUT2D eigenvalue weighted by molar-refractivity contribution is 5.74. The van der Waals surface area contributed by atoms with Gasteiger partial charge in [-0.15, -0.1) is 0 Å². The number of rotatable bonds is 4. The molecule has 0 spiro atoms. The van der Waals surface area contributed by atoms with Gasteiger partial charge in [0, 0.05) is 22.7 Å². The first-order valence-electron chi connectivity index (χ1n) is 13.1. The summed E-state index contributed by atoms with van der Waals surface area (Å²) in [5, 5.41) is 0. The Balaban J connectivity index is 0.000000161. The molecule has 6 aromatic carbocycles. The summed E-state index contributed by atoms with van der Waals surface area (Å²) in [5.41, 5.74) is 35.5. The van der Waals surface area contributed by atoms with E-state index in [1.165, 1.54) is 22.3 Å². The van der Waals surface area contributed by atoms with Crippen molar-refractivity contribution in [3.8, 4) is 44.5 Å². The zero-order valence-electron chi connectivity index (χ0n) is 22.2. The number of hydrogen-bond acceptors (Lipinski definition) is 4. The fraction of sp³-hybridized carbons (Fsp3) is 0. The first-order chi connectivity index (χ1) is 19.4. The van der Waals surface area contributed by atoms with Crippen molar-refractivity contribution in [2.75, 3.05) is 22.9 Å². The maximum atomic E-state index is 5.82. The van der Waals surface area contributed by atoms with E-state index in [1.54, 1.807) is 0 Å². The molecule has 0 saturated carbocycles. The molecule has 0 aliphatic heterocycles. The van der Waals surface area contributed by atoms with Gasteiger partial charge >= 0.3 is 0 Å². The Hall–Kier alpha value is -5.48. The smallest absolute Gasteiger partial charge is 0.0320 e. The zero-order valence-corrected chi connectivity index (χ0v) is 22.2. The van der Waals surface area contributed by atoms with Gasteiger partial charge in [0.05, 0.1) is 0 Å². The Morgan fingerprint density at radius 1 is 0.225 bits per heavy atom. The minimum Gasteiger partial charge on any atom is -0.399 e. The summed E-state index contributed by atoms with van der Waals surface area (Å²) < 4.78 is 0. The second-order valence-electron chi connectivity index (χ2n) is 9.65. The third-order valence-electron chi connectivity index (χ3n) is 6.70. The Labute approximate surface area is 235 Å². The van der Waals surface area contributed by atoms with E-state index in [1.807, 2.05) is 84.9 Å². The summed E-state index contributed by atoms with van der Waals surface area (Å²) >= 11 is 0. The molecule has 0 saturated heterocycles. The van der Waals surface area contributed by atoms with Crippen LogP contribution in [0.4, 0.5) is 22.7 Å². The van der Waals surface area contributed by atoms with Crippen molar-refractivity contribution < 1.29 is 0 Å². The summed E-state index contributed by atoms with van der Waals surface area (Å²) in [5.74, 6) is 0. The zero-order chi connectivity index (χ0) is 27.9. The highest BCUT2D eigenvalue weighted by Crippen LogP contribution is 2.27. The molecular weight excluding hydrogens is 488 g/mol. The monoisotopic (exact) mass is 520 g/mol. The molecular formula is C36H32N4. The molecule has 6 aromatic rings. The van der Waals surface area contributed by atoms with Crippen LogP contribution in [0.3, 0.4) is 0 Å². The average Bonchev–Trinajstić information content (AvgIpc) is 2.99. The molecule has 0 fully saturated rings. The lowest BCUT2D eigenvalue weighted by Crippen LogP contribution is -1.86. The Kier molecular flexibility index (Phi) is 7.79. The van der Waals surface area contributed by atoms with E-state index in [4.69, 9.17) is 22.9 Å². The lowest BCUT2D eigenvalue weighted by atomic mass is 10.00. The van der Waals surface area contributed by atoms with Gasteiger partial charge in [-0.1, -0.05) is 97.1 Å². The van der Waals surface area contributed by atoms with Crippen LogP contribution >= 0.6 is 0 Å². The van der Waals surface area contributed by atoms with Gasteiger partial charge in [0.1, 0.15) is 0 Å². The summed E-state index contributed by atoms with van der Waals surface area (Å²) in [7, 11) is 0. The summed E-state index contributed by atoms with van der Waals surface area (Å²) in [4.78, 5) is 0. The third kappa shape index (κ3) is 6.50. The fourth-order valence-electron chi connectivity index (χ4n) is 4.50. The van der Waals surface area contributed by atoms with E-state index in [2.05, 4.69) is 60.7 Å². The highest BCUT2D eigenvalue weighted by Gasteiger charge is 2.02. The van der Waals surface area contributed by atoms with Crippen LogP contribution in [0, 0.1) is 0 Å². The SMILES string of the molecule is Nc1ccc(-c2ccc(-c3ccc(N)cc3)cc2)cc1.Nc1cccc(-c2ccc(-c3cccc(N)c3)cc2)c1. The van der Waals surface area contributed by atoms with E-state index in [-0.39, 0.29) is 0 Å². The minimum absolute atomic E-state index is 0.780. The number of anilines is 4. The van der Waals surface area contributed by atoms with Crippen LogP contribution in [0.15, 0.2) is 146 Å². The van der Waals surface area contributed by atoms with E-state index >= 15 is 0 Å². The second-order valence-corrected chi connectivity index (χ2v) is 9.65. The van der Waals surface area contributed by atoms with Crippen molar-refractivity contribution in [2.45, 2.75) is 0 Å². The predicted molar refractivity (Wildman–Crippen MR) is 172 cm³/mol. The van der Waals surface area contributed by atoms with Crippen LogP contribution in [0.1, 0.15) is 0 Å². The standard InChI is InChI=1S/2C18H16N2/c19-17-5-1-3-15(11-17)13-7-9-14(10-8-13)16-4-2-6-18(20)12-16;19-17-9-5-15(6-10-17)13-1-2-14(4-3-13)16-7-11-18(20)12-8-16/h2*1-12H,19-20H2. The van der Waals surface area contributed by atoms with Crippen LogP contribution in [-0.2, 0) is 0 Å². The Bertz CT molecular complexity index is 1560. The van der Waals surface area contributed by atoms with E-state index in [0.717, 1.165) is 45.0 Å². The lowest BCUT2D eigenvalue weighted by Gasteiger charge is -2.06. The second kappa shape index (κ2) is 11.9. The van der Waals surface area contributed by atoms with Gasteiger partial charge in [-0.05, 0) is 93.0 Å². The molecule has 0 radical (unpaired) electrons. The van der Waals surface area contributed by atoms with Gasteiger partial charge in [-0.25, -0.2) is 0 Å². The molecule has 4 nitrogen and oxygen atoms in total. The molecule has 40 heavy (non-hydrogen) atoms. The van der Waals surface area contributed by atoms with Crippen LogP contribution in [-0.4, -0.2) is 0 Å². The van der Waals surface area contributed by atoms with Crippen molar-refractivity contribution in [3.05, 3.63) is 146 Å². The molecule has 0 atom stereocenters. The Morgan fingerprint density at radius 2 is 0.475 bits per heavy atom. The lowest BCUT2D eigenvalue weighted by molar-refractivity contribution is 1.58. The largest absolute Gasteiger partial charge is 0.399 e. The molecule has 6 rings (SSSR count). The molecule has 0 aliphatic carbocycles. The molecule has 196 valence electrons. The molecule has 0 bridgehead atoms. The van der Waals surface area contributed by atoms with Crippen molar-refractivity contribution in [3.63, 3.8) is 0 Å². The van der Waals surface area contributed by atoms with Crippen molar-refractivity contribution >= 4 is 22.7 Å². The summed E-state index contributed by atoms with van der Waals surface area (Å²) in [6.45, 7) is 0. The maximum Gasteiger partial charge on any atom is 0.0320 e. The Morgan fingerprint density at radius 3 is 0.750 bits per heavy atom. The maximum absolute atomic E-state index is 5.82. The predicted octanol–water partition coefficient (Wildman–Crippen LogP) is 8.37. The summed E-state index contributed by atoms with van der Waals surface area (Å²) in [6, 6.07) is 48.5. The van der Waals surface area contributed by atoms with E-state index in [9.17, 15) is 0 Å². The van der Waals surface area contributed by atoms with Crippen LogP contribution < -0.4 is 22.9 Å². The van der Waals surface area contributed by atoms with E-state index < -0.39 is 0 Å². The topological polar surface area (TPSA) is 104 Å². The third-order valence-corrected chi connectivity index (χ3v) is 6.70. The molecule has 8 N–H and O–H groups in total. The number of hydrogen-bond donors (Lipinski definition) is 4. The van der Waals surface area contributed by atoms with Gasteiger partial charge in [0.15, 0.2) is 0 Å². The normalized spacial score (nSPS) is 10.4. The van der Waals surface area contributed by atoms with Gasteiger partial charge in [0.25, 0.3) is 0 Å². The number of benzene rings is 6. The van der Waals surface area contributed by atoms with Crippen molar-refractivity contribution in [1.82, 2.24) is 0 Å². The molecule has 0 unspecified atom stereocenters. The molecule has 0 aromatic heterocycles. The van der Waals surface area contributed by atoms with Crippen LogP contribution in [0.25, 0.3) is 44.5 Å². The van der Waals surface area contributed by atoms with Crippen molar-refractivity contribution in [2.24, 2.45) is 0 Å². The van der Waals surface area contributed by atoms with Gasteiger partial charge in [-0.3, -0.25) is 0 Å². The van der Waals surface area contributed by atoms with Gasteiger partial charge in [0.2, 0.25) is 0 Å². The number of nitrogen functional groups attached to an aromatic ring is 4. The van der Waals surface area contributed by atoms with Crippen LogP contribution in [0.2, 0.25) is 0 Å². The first-order valence-corrected chi connectivity index (χ1v) is 13.1. The molecule has 0 aliphatic rings. The molecule has 4 heteroatoms. The van der Waals surface area contributed by atoms with Crippen molar-refractivity contribution in [1.29, 1.82) is 0 Å². The van der Waals surface area contributed by atoms with E-state index in [0.29, 0.717) is 0 Å². The van der Waals surface area contributed by atoms with Crippen LogP contribution in [0.5, 0.6) is 0 Å². The molecule has 0 amide bonds. The first kappa shape index (κ1) is 26.1. The minimum atomic E-state index is 0.780. The fourth-order valence-corrected chi connectivity index (χ4v) is 4.50. The quantitative estimate of drug-likeness (QED) is 0.175. The van der Waals surface area contributed by atoms with Gasteiger partial charge in [-0.2, -0.15) is 0 Å². The van der Waals surface area contributed by atoms with Gasteiger partial charge < -0.3 is 22.9 Å². The summed E-state index contributed by atoms with van der Waals surface area (Å²) in [6.07, 6.45) is 0. The number of nitrogens with two attached hydrogens (primary N) is 4. The highest BCUT2D eigenvalue weighted by atomic mass is 14.5. The average molecular weight is 521 g/mol.